The highest BCUT2D eigenvalue weighted by atomic mass is 16.3. The van der Waals surface area contributed by atoms with Crippen molar-refractivity contribution in [2.75, 3.05) is 23.3 Å². The molecule has 0 atom stereocenters. The quantitative estimate of drug-likeness (QED) is 0.921. The second-order valence-corrected chi connectivity index (χ2v) is 5.65. The molecule has 1 saturated heterocycles. The fourth-order valence-electron chi connectivity index (χ4n) is 2.72. The highest BCUT2D eigenvalue weighted by molar-refractivity contribution is 5.91. The number of rotatable bonds is 5. The first kappa shape index (κ1) is 14.6. The molecule has 5 nitrogen and oxygen atoms in total. The summed E-state index contributed by atoms with van der Waals surface area (Å²) in [5.74, 6) is 0.627. The van der Waals surface area contributed by atoms with E-state index in [9.17, 15) is 4.79 Å². The molecule has 3 rings (SSSR count). The van der Waals surface area contributed by atoms with Crippen molar-refractivity contribution in [1.29, 1.82) is 0 Å². The average molecular weight is 299 g/mol. The van der Waals surface area contributed by atoms with Crippen LogP contribution in [0.4, 0.5) is 11.4 Å². The van der Waals surface area contributed by atoms with Gasteiger partial charge in [0, 0.05) is 44.2 Å². The highest BCUT2D eigenvalue weighted by Crippen LogP contribution is 2.22. The Kier molecular flexibility index (Phi) is 4.42. The Morgan fingerprint density at radius 1 is 1.27 bits per heavy atom. The molecule has 0 bridgehead atoms. The molecule has 0 spiro atoms. The molecule has 5 heteroatoms. The summed E-state index contributed by atoms with van der Waals surface area (Å²) in [6, 6.07) is 8.07. The van der Waals surface area contributed by atoms with Crippen LogP contribution in [0.1, 0.15) is 30.8 Å². The minimum Gasteiger partial charge on any atom is -0.449 e. The summed E-state index contributed by atoms with van der Waals surface area (Å²) in [6.07, 6.45) is 5.13. The molecule has 0 aliphatic carbocycles. The van der Waals surface area contributed by atoms with Crippen molar-refractivity contribution in [1.82, 2.24) is 4.98 Å². The van der Waals surface area contributed by atoms with E-state index in [1.165, 1.54) is 18.5 Å². The van der Waals surface area contributed by atoms with Crippen LogP contribution in [0.3, 0.4) is 0 Å². The molecule has 0 unspecified atom stereocenters. The van der Waals surface area contributed by atoms with Crippen LogP contribution >= 0.6 is 0 Å². The molecule has 1 aliphatic rings. The smallest absolute Gasteiger partial charge is 0.224 e. The molecular weight excluding hydrogens is 278 g/mol. The zero-order chi connectivity index (χ0) is 15.4. The SMILES string of the molecule is Cc1nc(CCC(=O)Nc2ccc(N3CCCC3)cc2)co1. The number of aromatic nitrogens is 1. The maximum atomic E-state index is 12.0. The molecule has 1 N–H and O–H groups in total. The molecule has 0 saturated carbocycles. The van der Waals surface area contributed by atoms with Gasteiger partial charge in [0.2, 0.25) is 5.91 Å². The first-order valence-electron chi connectivity index (χ1n) is 7.76. The van der Waals surface area contributed by atoms with Crippen LogP contribution in [0.25, 0.3) is 0 Å². The molecule has 2 heterocycles. The standard InChI is InChI=1S/C17H21N3O2/c1-13-18-15(12-22-13)6-9-17(21)19-14-4-7-16(8-5-14)20-10-2-3-11-20/h4-5,7-8,12H,2-3,6,9-11H2,1H3,(H,19,21). The molecule has 2 aromatic rings. The van der Waals surface area contributed by atoms with Crippen molar-refractivity contribution in [3.05, 3.63) is 42.1 Å². The Bertz CT molecular complexity index is 628. The number of carbonyl (C=O) groups is 1. The second-order valence-electron chi connectivity index (χ2n) is 5.65. The Balaban J connectivity index is 1.50. The molecule has 116 valence electrons. The van der Waals surface area contributed by atoms with Gasteiger partial charge in [0.1, 0.15) is 6.26 Å². The molecule has 1 amide bonds. The van der Waals surface area contributed by atoms with E-state index in [4.69, 9.17) is 4.42 Å². The second kappa shape index (κ2) is 6.64. The largest absolute Gasteiger partial charge is 0.449 e. The van der Waals surface area contributed by atoms with Gasteiger partial charge in [0.05, 0.1) is 5.69 Å². The molecule has 1 aromatic carbocycles. The summed E-state index contributed by atoms with van der Waals surface area (Å²) in [6.45, 7) is 4.05. The van der Waals surface area contributed by atoms with Crippen LogP contribution in [0.2, 0.25) is 0 Å². The van der Waals surface area contributed by atoms with Gasteiger partial charge in [0.25, 0.3) is 0 Å². The van der Waals surface area contributed by atoms with Gasteiger partial charge < -0.3 is 14.6 Å². The molecular formula is C17H21N3O2. The maximum Gasteiger partial charge on any atom is 0.224 e. The lowest BCUT2D eigenvalue weighted by Gasteiger charge is -2.17. The average Bonchev–Trinajstić information content (AvgIpc) is 3.17. The fraction of sp³-hybridized carbons (Fsp3) is 0.412. The summed E-state index contributed by atoms with van der Waals surface area (Å²) in [5.41, 5.74) is 2.88. The van der Waals surface area contributed by atoms with Gasteiger partial charge in [-0.2, -0.15) is 0 Å². The minimum atomic E-state index is -0.00502. The number of benzene rings is 1. The van der Waals surface area contributed by atoms with Crippen LogP contribution in [0, 0.1) is 6.92 Å². The zero-order valence-electron chi connectivity index (χ0n) is 12.8. The predicted molar refractivity (Wildman–Crippen MR) is 86.1 cm³/mol. The molecule has 1 fully saturated rings. The Labute approximate surface area is 130 Å². The summed E-state index contributed by atoms with van der Waals surface area (Å²) >= 11 is 0. The fourth-order valence-corrected chi connectivity index (χ4v) is 2.72. The monoisotopic (exact) mass is 299 g/mol. The summed E-state index contributed by atoms with van der Waals surface area (Å²) in [7, 11) is 0. The van der Waals surface area contributed by atoms with Crippen LogP contribution in [-0.2, 0) is 11.2 Å². The first-order chi connectivity index (χ1) is 10.7. The maximum absolute atomic E-state index is 12.0. The van der Waals surface area contributed by atoms with E-state index in [1.54, 1.807) is 13.2 Å². The molecule has 1 aliphatic heterocycles. The Hall–Kier alpha value is -2.30. The lowest BCUT2D eigenvalue weighted by molar-refractivity contribution is -0.116. The van der Waals surface area contributed by atoms with E-state index in [1.807, 2.05) is 12.1 Å². The van der Waals surface area contributed by atoms with E-state index in [2.05, 4.69) is 27.3 Å². The lowest BCUT2D eigenvalue weighted by atomic mass is 10.2. The van der Waals surface area contributed by atoms with Crippen molar-refractivity contribution in [3.63, 3.8) is 0 Å². The van der Waals surface area contributed by atoms with Gasteiger partial charge in [-0.05, 0) is 37.1 Å². The van der Waals surface area contributed by atoms with E-state index in [0.717, 1.165) is 24.5 Å². The topological polar surface area (TPSA) is 58.4 Å². The number of oxazole rings is 1. The lowest BCUT2D eigenvalue weighted by Crippen LogP contribution is -2.17. The predicted octanol–water partition coefficient (Wildman–Crippen LogP) is 3.15. The Morgan fingerprint density at radius 3 is 2.64 bits per heavy atom. The van der Waals surface area contributed by atoms with Gasteiger partial charge in [-0.25, -0.2) is 4.98 Å². The number of hydrogen-bond acceptors (Lipinski definition) is 4. The number of amides is 1. The summed E-state index contributed by atoms with van der Waals surface area (Å²) in [4.78, 5) is 18.5. The van der Waals surface area contributed by atoms with E-state index in [0.29, 0.717) is 18.7 Å². The van der Waals surface area contributed by atoms with Gasteiger partial charge in [-0.1, -0.05) is 0 Å². The van der Waals surface area contributed by atoms with E-state index in [-0.39, 0.29) is 5.91 Å². The van der Waals surface area contributed by atoms with Gasteiger partial charge >= 0.3 is 0 Å². The van der Waals surface area contributed by atoms with Crippen molar-refractivity contribution in [2.24, 2.45) is 0 Å². The van der Waals surface area contributed by atoms with Crippen molar-refractivity contribution in [2.45, 2.75) is 32.6 Å². The zero-order valence-corrected chi connectivity index (χ0v) is 12.8. The Morgan fingerprint density at radius 2 is 2.00 bits per heavy atom. The van der Waals surface area contributed by atoms with Crippen LogP contribution in [-0.4, -0.2) is 24.0 Å². The number of nitrogens with one attached hydrogen (secondary N) is 1. The highest BCUT2D eigenvalue weighted by Gasteiger charge is 2.12. The van der Waals surface area contributed by atoms with Crippen molar-refractivity contribution < 1.29 is 9.21 Å². The third-order valence-electron chi connectivity index (χ3n) is 3.90. The van der Waals surface area contributed by atoms with Crippen molar-refractivity contribution in [3.8, 4) is 0 Å². The molecule has 22 heavy (non-hydrogen) atoms. The van der Waals surface area contributed by atoms with Gasteiger partial charge in [-0.15, -0.1) is 0 Å². The third kappa shape index (κ3) is 3.67. The summed E-state index contributed by atoms with van der Waals surface area (Å²) < 4.78 is 5.13. The van der Waals surface area contributed by atoms with Gasteiger partial charge in [0.15, 0.2) is 5.89 Å². The third-order valence-corrected chi connectivity index (χ3v) is 3.90. The van der Waals surface area contributed by atoms with Crippen molar-refractivity contribution >= 4 is 17.3 Å². The van der Waals surface area contributed by atoms with E-state index < -0.39 is 0 Å². The molecule has 0 radical (unpaired) electrons. The first-order valence-corrected chi connectivity index (χ1v) is 7.76. The number of carbonyl (C=O) groups excluding carboxylic acids is 1. The normalized spacial score (nSPS) is 14.3. The minimum absolute atomic E-state index is 0.00502. The van der Waals surface area contributed by atoms with Gasteiger partial charge in [-0.3, -0.25) is 4.79 Å². The number of hydrogen-bond donors (Lipinski definition) is 1. The van der Waals surface area contributed by atoms with E-state index >= 15 is 0 Å². The number of nitrogens with zero attached hydrogens (tertiary/aromatic N) is 2. The number of aryl methyl sites for hydroxylation is 2. The van der Waals surface area contributed by atoms with Crippen LogP contribution in [0.5, 0.6) is 0 Å². The number of anilines is 2. The molecule has 1 aromatic heterocycles. The summed E-state index contributed by atoms with van der Waals surface area (Å²) in [5, 5.41) is 2.92. The van der Waals surface area contributed by atoms with Crippen LogP contribution in [0.15, 0.2) is 34.9 Å². The van der Waals surface area contributed by atoms with Crippen LogP contribution < -0.4 is 10.2 Å².